The molecule has 100 valence electrons. The van der Waals surface area contributed by atoms with Crippen LogP contribution in [0, 0.1) is 5.82 Å². The molecular weight excluding hydrogens is 247 g/mol. The van der Waals surface area contributed by atoms with E-state index in [1.807, 2.05) is 11.8 Å². The van der Waals surface area contributed by atoms with Gasteiger partial charge in [0, 0.05) is 17.3 Å². The van der Waals surface area contributed by atoms with Gasteiger partial charge in [0.2, 0.25) is 0 Å². The molecule has 3 atom stereocenters. The van der Waals surface area contributed by atoms with Crippen molar-refractivity contribution in [2.45, 2.75) is 49.9 Å². The summed E-state index contributed by atoms with van der Waals surface area (Å²) in [7, 11) is 0. The van der Waals surface area contributed by atoms with Crippen LogP contribution in [0.25, 0.3) is 0 Å². The number of rotatable bonds is 5. The molecule has 0 spiro atoms. The SMILES string of the molecule is CCC(NC1CCCC1SC)c1ccc(F)cn1. The molecule has 1 fully saturated rings. The van der Waals surface area contributed by atoms with E-state index < -0.39 is 0 Å². The highest BCUT2D eigenvalue weighted by molar-refractivity contribution is 7.99. The second-order valence-electron chi connectivity index (χ2n) is 4.84. The van der Waals surface area contributed by atoms with Crippen molar-refractivity contribution in [1.82, 2.24) is 10.3 Å². The minimum absolute atomic E-state index is 0.239. The van der Waals surface area contributed by atoms with Crippen molar-refractivity contribution in [1.29, 1.82) is 0 Å². The number of nitrogens with one attached hydrogen (secondary N) is 1. The van der Waals surface area contributed by atoms with E-state index in [0.29, 0.717) is 11.3 Å². The third kappa shape index (κ3) is 3.23. The van der Waals surface area contributed by atoms with Crippen molar-refractivity contribution in [2.24, 2.45) is 0 Å². The minimum atomic E-state index is -0.267. The molecule has 1 aliphatic carbocycles. The Bertz CT molecular complexity index is 369. The fourth-order valence-electron chi connectivity index (χ4n) is 2.66. The molecule has 0 aromatic carbocycles. The van der Waals surface area contributed by atoms with Crippen LogP contribution in [0.1, 0.15) is 44.3 Å². The molecule has 1 aliphatic rings. The van der Waals surface area contributed by atoms with Crippen molar-refractivity contribution < 1.29 is 4.39 Å². The first-order valence-corrected chi connectivity index (χ1v) is 7.93. The first-order chi connectivity index (χ1) is 8.74. The van der Waals surface area contributed by atoms with Crippen LogP contribution in [-0.4, -0.2) is 22.5 Å². The van der Waals surface area contributed by atoms with Crippen molar-refractivity contribution >= 4 is 11.8 Å². The van der Waals surface area contributed by atoms with Gasteiger partial charge >= 0.3 is 0 Å². The van der Waals surface area contributed by atoms with E-state index in [0.717, 1.165) is 12.1 Å². The molecule has 0 bridgehead atoms. The predicted octanol–water partition coefficient (Wildman–Crippen LogP) is 3.55. The zero-order chi connectivity index (χ0) is 13.0. The summed E-state index contributed by atoms with van der Waals surface area (Å²) >= 11 is 1.95. The summed E-state index contributed by atoms with van der Waals surface area (Å²) in [6.07, 6.45) is 8.31. The molecule has 18 heavy (non-hydrogen) atoms. The van der Waals surface area contributed by atoms with Gasteiger partial charge in [-0.15, -0.1) is 0 Å². The van der Waals surface area contributed by atoms with Crippen molar-refractivity contribution in [3.8, 4) is 0 Å². The molecule has 1 aromatic rings. The molecule has 1 aromatic heterocycles. The predicted molar refractivity (Wildman–Crippen MR) is 75.3 cm³/mol. The zero-order valence-electron chi connectivity index (χ0n) is 11.0. The summed E-state index contributed by atoms with van der Waals surface area (Å²) in [5, 5.41) is 4.40. The highest BCUT2D eigenvalue weighted by Crippen LogP contribution is 2.30. The Morgan fingerprint density at radius 3 is 2.94 bits per heavy atom. The first-order valence-electron chi connectivity index (χ1n) is 6.65. The highest BCUT2D eigenvalue weighted by atomic mass is 32.2. The van der Waals surface area contributed by atoms with Crippen LogP contribution in [0.4, 0.5) is 4.39 Å². The lowest BCUT2D eigenvalue weighted by Gasteiger charge is -2.25. The summed E-state index contributed by atoms with van der Waals surface area (Å²) in [6.45, 7) is 2.14. The summed E-state index contributed by atoms with van der Waals surface area (Å²) in [5.74, 6) is -0.267. The molecule has 2 rings (SSSR count). The van der Waals surface area contributed by atoms with Gasteiger partial charge < -0.3 is 5.32 Å². The molecule has 3 unspecified atom stereocenters. The Hall–Kier alpha value is -0.610. The second-order valence-corrected chi connectivity index (χ2v) is 5.92. The van der Waals surface area contributed by atoms with Crippen LogP contribution < -0.4 is 5.32 Å². The Labute approximate surface area is 113 Å². The summed E-state index contributed by atoms with van der Waals surface area (Å²) < 4.78 is 12.9. The van der Waals surface area contributed by atoms with Gasteiger partial charge in [0.25, 0.3) is 0 Å². The number of nitrogens with zero attached hydrogens (tertiary/aromatic N) is 1. The maximum atomic E-state index is 12.9. The normalized spacial score (nSPS) is 25.3. The van der Waals surface area contributed by atoms with E-state index in [4.69, 9.17) is 0 Å². The summed E-state index contributed by atoms with van der Waals surface area (Å²) in [5.41, 5.74) is 0.950. The largest absolute Gasteiger partial charge is 0.305 e. The number of aromatic nitrogens is 1. The van der Waals surface area contributed by atoms with E-state index >= 15 is 0 Å². The molecule has 1 saturated carbocycles. The lowest BCUT2D eigenvalue weighted by atomic mass is 10.1. The smallest absolute Gasteiger partial charge is 0.141 e. The van der Waals surface area contributed by atoms with E-state index in [1.165, 1.54) is 31.5 Å². The molecule has 1 heterocycles. The van der Waals surface area contributed by atoms with Crippen LogP contribution in [0.3, 0.4) is 0 Å². The van der Waals surface area contributed by atoms with Crippen LogP contribution >= 0.6 is 11.8 Å². The fourth-order valence-corrected chi connectivity index (χ4v) is 3.61. The molecule has 1 N–H and O–H groups in total. The highest BCUT2D eigenvalue weighted by Gasteiger charge is 2.28. The molecule has 0 aliphatic heterocycles. The number of pyridine rings is 1. The van der Waals surface area contributed by atoms with E-state index in [2.05, 4.69) is 23.5 Å². The maximum absolute atomic E-state index is 12.9. The third-order valence-corrected chi connectivity index (χ3v) is 4.86. The molecule has 0 saturated heterocycles. The minimum Gasteiger partial charge on any atom is -0.305 e. The third-order valence-electron chi connectivity index (χ3n) is 3.69. The number of thioether (sulfide) groups is 1. The maximum Gasteiger partial charge on any atom is 0.141 e. The van der Waals surface area contributed by atoms with Crippen molar-refractivity contribution in [3.05, 3.63) is 29.8 Å². The Balaban J connectivity index is 2.02. The molecule has 4 heteroatoms. The van der Waals surface area contributed by atoms with Gasteiger partial charge in [0.1, 0.15) is 5.82 Å². The summed E-state index contributed by atoms with van der Waals surface area (Å²) in [4.78, 5) is 4.20. The van der Waals surface area contributed by atoms with Gasteiger partial charge in [-0.05, 0) is 37.7 Å². The van der Waals surface area contributed by atoms with Gasteiger partial charge in [-0.25, -0.2) is 4.39 Å². The van der Waals surface area contributed by atoms with Gasteiger partial charge in [-0.1, -0.05) is 13.3 Å². The Morgan fingerprint density at radius 1 is 1.50 bits per heavy atom. The van der Waals surface area contributed by atoms with Gasteiger partial charge in [-0.3, -0.25) is 4.98 Å². The molecular formula is C14H21FN2S. The standard InChI is InChI=1S/C14H21FN2S/c1-3-11(12-8-7-10(15)9-16-12)17-13-5-4-6-14(13)18-2/h7-9,11,13-14,17H,3-6H2,1-2H3. The van der Waals surface area contributed by atoms with E-state index in [-0.39, 0.29) is 11.9 Å². The average molecular weight is 268 g/mol. The Morgan fingerprint density at radius 2 is 2.33 bits per heavy atom. The zero-order valence-corrected chi connectivity index (χ0v) is 11.8. The molecule has 2 nitrogen and oxygen atoms in total. The quantitative estimate of drug-likeness (QED) is 0.884. The monoisotopic (exact) mass is 268 g/mol. The average Bonchev–Trinajstić information content (AvgIpc) is 2.84. The van der Waals surface area contributed by atoms with Gasteiger partial charge in [0.05, 0.1) is 11.9 Å². The summed E-state index contributed by atoms with van der Waals surface area (Å²) in [6, 6.07) is 4.09. The number of hydrogen-bond donors (Lipinski definition) is 1. The van der Waals surface area contributed by atoms with Crippen LogP contribution in [0.2, 0.25) is 0 Å². The van der Waals surface area contributed by atoms with Crippen molar-refractivity contribution in [2.75, 3.05) is 6.26 Å². The second kappa shape index (κ2) is 6.53. The van der Waals surface area contributed by atoms with Crippen LogP contribution in [-0.2, 0) is 0 Å². The topological polar surface area (TPSA) is 24.9 Å². The molecule has 0 amide bonds. The first kappa shape index (κ1) is 13.8. The Kier molecular flexibility index (Phi) is 5.01. The number of hydrogen-bond acceptors (Lipinski definition) is 3. The fraction of sp³-hybridized carbons (Fsp3) is 0.643. The lowest BCUT2D eigenvalue weighted by molar-refractivity contribution is 0.427. The van der Waals surface area contributed by atoms with Crippen LogP contribution in [0.5, 0.6) is 0 Å². The van der Waals surface area contributed by atoms with Gasteiger partial charge in [-0.2, -0.15) is 11.8 Å². The van der Waals surface area contributed by atoms with Crippen molar-refractivity contribution in [3.63, 3.8) is 0 Å². The number of halogens is 1. The van der Waals surface area contributed by atoms with Gasteiger partial charge in [0.15, 0.2) is 0 Å². The van der Waals surface area contributed by atoms with E-state index in [9.17, 15) is 4.39 Å². The molecule has 0 radical (unpaired) electrons. The lowest BCUT2D eigenvalue weighted by Crippen LogP contribution is -2.37. The van der Waals surface area contributed by atoms with Crippen LogP contribution in [0.15, 0.2) is 18.3 Å². The van der Waals surface area contributed by atoms with E-state index in [1.54, 1.807) is 6.07 Å².